The molecule has 4 rings (SSSR count). The minimum atomic E-state index is 0.0741. The molecule has 0 saturated carbocycles. The Morgan fingerprint density at radius 3 is 3.00 bits per heavy atom. The maximum Gasteiger partial charge on any atom is 0.152 e. The molecule has 0 spiro atoms. The minimum absolute atomic E-state index is 0.0741. The van der Waals surface area contributed by atoms with Gasteiger partial charge in [-0.3, -0.25) is 4.90 Å². The van der Waals surface area contributed by atoms with E-state index in [2.05, 4.69) is 38.4 Å². The Hall–Kier alpha value is -2.62. The summed E-state index contributed by atoms with van der Waals surface area (Å²) in [6, 6.07) is 14.2. The predicted molar refractivity (Wildman–Crippen MR) is 99.1 cm³/mol. The highest BCUT2D eigenvalue weighted by molar-refractivity contribution is 7.10. The molecule has 2 aromatic heterocycles. The molecule has 3 heterocycles. The second-order valence-electron chi connectivity index (χ2n) is 6.18. The lowest BCUT2D eigenvalue weighted by Gasteiger charge is -2.23. The zero-order valence-electron chi connectivity index (χ0n) is 13.6. The van der Waals surface area contributed by atoms with Crippen LogP contribution in [0.1, 0.15) is 29.6 Å². The topological polar surface area (TPSA) is 75.9 Å². The number of hydrogen-bond donors (Lipinski definition) is 2. The number of allylic oxidation sites excluding steroid dienone is 1. The van der Waals surface area contributed by atoms with E-state index in [1.807, 2.05) is 24.3 Å². The van der Waals surface area contributed by atoms with E-state index in [4.69, 9.17) is 0 Å². The van der Waals surface area contributed by atoms with Gasteiger partial charge in [0.2, 0.25) is 0 Å². The van der Waals surface area contributed by atoms with Crippen molar-refractivity contribution in [3.05, 3.63) is 58.2 Å². The van der Waals surface area contributed by atoms with Crippen LogP contribution in [-0.4, -0.2) is 33.1 Å². The fraction of sp³-hybridized carbons (Fsp3) is 0.263. The third kappa shape index (κ3) is 3.04. The van der Waals surface area contributed by atoms with Crippen LogP contribution in [0.5, 0.6) is 0 Å². The molecule has 1 aromatic carbocycles. The smallest absolute Gasteiger partial charge is 0.152 e. The Morgan fingerprint density at radius 1 is 1.36 bits per heavy atom. The van der Waals surface area contributed by atoms with Crippen LogP contribution in [-0.2, 0) is 0 Å². The molecule has 0 aliphatic carbocycles. The molecule has 1 atom stereocenters. The average molecular weight is 350 g/mol. The van der Waals surface area contributed by atoms with Gasteiger partial charge in [-0.2, -0.15) is 5.26 Å². The molecule has 6 heteroatoms. The van der Waals surface area contributed by atoms with Crippen molar-refractivity contribution in [1.82, 2.24) is 14.9 Å². The lowest BCUT2D eigenvalue weighted by atomic mass is 10.1. The van der Waals surface area contributed by atoms with Gasteiger partial charge in [-0.05, 0) is 43.0 Å². The Labute approximate surface area is 149 Å². The molecule has 126 valence electrons. The number of hydrogen-bond acceptors (Lipinski definition) is 5. The first-order valence-corrected chi connectivity index (χ1v) is 9.19. The van der Waals surface area contributed by atoms with Crippen LogP contribution in [0.2, 0.25) is 0 Å². The van der Waals surface area contributed by atoms with Crippen molar-refractivity contribution in [3.63, 3.8) is 0 Å². The number of nitrogens with zero attached hydrogens (tertiary/aromatic N) is 3. The van der Waals surface area contributed by atoms with Gasteiger partial charge < -0.3 is 10.1 Å². The predicted octanol–water partition coefficient (Wildman–Crippen LogP) is 4.25. The summed E-state index contributed by atoms with van der Waals surface area (Å²) in [6.07, 6.45) is 2.18. The first kappa shape index (κ1) is 15.9. The van der Waals surface area contributed by atoms with Gasteiger partial charge in [-0.25, -0.2) is 4.98 Å². The highest BCUT2D eigenvalue weighted by Crippen LogP contribution is 2.35. The summed E-state index contributed by atoms with van der Waals surface area (Å²) < 4.78 is 0. The largest absolute Gasteiger partial charge is 0.509 e. The van der Waals surface area contributed by atoms with E-state index in [9.17, 15) is 10.4 Å². The van der Waals surface area contributed by atoms with Crippen LogP contribution in [0.25, 0.3) is 16.6 Å². The number of imidazole rings is 1. The number of aromatic amines is 1. The Balaban J connectivity index is 1.62. The number of benzene rings is 1. The normalized spacial score (nSPS) is 19.1. The number of rotatable bonds is 4. The molecule has 1 fully saturated rings. The Kier molecular flexibility index (Phi) is 4.26. The first-order valence-electron chi connectivity index (χ1n) is 8.31. The molecule has 1 aliphatic rings. The lowest BCUT2D eigenvalue weighted by molar-refractivity contribution is 0.239. The summed E-state index contributed by atoms with van der Waals surface area (Å²) in [5.41, 5.74) is 1.86. The number of aliphatic hydroxyl groups is 1. The van der Waals surface area contributed by atoms with E-state index in [0.29, 0.717) is 18.4 Å². The van der Waals surface area contributed by atoms with Crippen molar-refractivity contribution in [2.24, 2.45) is 0 Å². The number of para-hydroxylation sites is 2. The number of fused-ring (bicyclic) bond motifs is 1. The summed E-state index contributed by atoms with van der Waals surface area (Å²) in [5.74, 6) is 0.498. The zero-order valence-corrected chi connectivity index (χ0v) is 14.5. The van der Waals surface area contributed by atoms with Crippen molar-refractivity contribution in [2.45, 2.75) is 18.9 Å². The molecular formula is C19H18N4OS. The third-order valence-electron chi connectivity index (χ3n) is 4.61. The van der Waals surface area contributed by atoms with E-state index < -0.39 is 0 Å². The third-order valence-corrected chi connectivity index (χ3v) is 5.59. The van der Waals surface area contributed by atoms with Crippen molar-refractivity contribution >= 4 is 27.9 Å². The van der Waals surface area contributed by atoms with Gasteiger partial charge in [0.05, 0.1) is 17.6 Å². The number of nitriles is 1. The van der Waals surface area contributed by atoms with Gasteiger partial charge in [0.25, 0.3) is 0 Å². The van der Waals surface area contributed by atoms with Crippen LogP contribution >= 0.6 is 11.3 Å². The van der Waals surface area contributed by atoms with Crippen molar-refractivity contribution in [1.29, 1.82) is 5.26 Å². The highest BCUT2D eigenvalue weighted by Gasteiger charge is 2.28. The van der Waals surface area contributed by atoms with Gasteiger partial charge in [0.15, 0.2) is 5.82 Å². The van der Waals surface area contributed by atoms with E-state index in [1.165, 1.54) is 4.88 Å². The van der Waals surface area contributed by atoms with Gasteiger partial charge in [0, 0.05) is 10.9 Å². The van der Waals surface area contributed by atoms with Crippen LogP contribution in [0.3, 0.4) is 0 Å². The maximum atomic E-state index is 10.6. The lowest BCUT2D eigenvalue weighted by Crippen LogP contribution is -2.25. The molecule has 0 bridgehead atoms. The number of H-pyrrole nitrogens is 1. The van der Waals surface area contributed by atoms with Gasteiger partial charge in [-0.1, -0.05) is 18.2 Å². The van der Waals surface area contributed by atoms with E-state index >= 15 is 0 Å². The van der Waals surface area contributed by atoms with Crippen LogP contribution in [0.4, 0.5) is 0 Å². The number of nitrogens with one attached hydrogen (secondary N) is 1. The van der Waals surface area contributed by atoms with E-state index in [0.717, 1.165) is 30.4 Å². The number of aliphatic hydroxyl groups excluding tert-OH is 1. The number of aromatic nitrogens is 2. The van der Waals surface area contributed by atoms with Gasteiger partial charge in [0.1, 0.15) is 17.4 Å². The Bertz CT molecular complexity index is 918. The standard InChI is InChI=1S/C19H18N4OS/c20-11-13(19-21-14-5-1-2-6-15(14)22-19)17(24)12-23-9-3-7-16(23)18-8-4-10-25-18/h1-2,4-6,8,10,16,24H,3,7,9,12H2,(H,21,22)/b17-13-/t16-/m1/s1. The SMILES string of the molecule is N#C/C(=C(/O)CN1CCC[C@@H]1c1cccs1)c1nc2ccccc2[nH]1. The molecule has 0 radical (unpaired) electrons. The molecule has 3 aromatic rings. The monoisotopic (exact) mass is 350 g/mol. The molecule has 1 aliphatic heterocycles. The fourth-order valence-corrected chi connectivity index (χ4v) is 4.31. The van der Waals surface area contributed by atoms with Gasteiger partial charge in [-0.15, -0.1) is 11.3 Å². The average Bonchev–Trinajstić information content (AvgIpc) is 3.35. The zero-order chi connectivity index (χ0) is 17.2. The second-order valence-corrected chi connectivity index (χ2v) is 7.16. The molecule has 0 unspecified atom stereocenters. The highest BCUT2D eigenvalue weighted by atomic mass is 32.1. The quantitative estimate of drug-likeness (QED) is 0.545. The number of thiophene rings is 1. The minimum Gasteiger partial charge on any atom is -0.509 e. The van der Waals surface area contributed by atoms with Crippen molar-refractivity contribution in [3.8, 4) is 6.07 Å². The van der Waals surface area contributed by atoms with Crippen LogP contribution in [0, 0.1) is 11.3 Å². The van der Waals surface area contributed by atoms with E-state index in [1.54, 1.807) is 11.3 Å². The number of likely N-dealkylation sites (tertiary alicyclic amines) is 1. The van der Waals surface area contributed by atoms with E-state index in [-0.39, 0.29) is 11.3 Å². The first-order chi connectivity index (χ1) is 12.3. The van der Waals surface area contributed by atoms with Crippen molar-refractivity contribution in [2.75, 3.05) is 13.1 Å². The van der Waals surface area contributed by atoms with Gasteiger partial charge >= 0.3 is 0 Å². The summed E-state index contributed by atoms with van der Waals surface area (Å²) in [6.45, 7) is 1.29. The summed E-state index contributed by atoms with van der Waals surface area (Å²) in [5, 5.41) is 22.3. The van der Waals surface area contributed by atoms with Crippen LogP contribution < -0.4 is 0 Å². The molecule has 25 heavy (non-hydrogen) atoms. The fourth-order valence-electron chi connectivity index (χ4n) is 3.42. The molecule has 5 nitrogen and oxygen atoms in total. The second kappa shape index (κ2) is 6.71. The molecule has 1 saturated heterocycles. The molecule has 2 N–H and O–H groups in total. The maximum absolute atomic E-state index is 10.6. The summed E-state index contributed by atoms with van der Waals surface area (Å²) in [4.78, 5) is 11.1. The Morgan fingerprint density at radius 2 is 2.24 bits per heavy atom. The van der Waals surface area contributed by atoms with Crippen LogP contribution in [0.15, 0.2) is 47.5 Å². The summed E-state index contributed by atoms with van der Waals surface area (Å²) in [7, 11) is 0. The van der Waals surface area contributed by atoms with Crippen molar-refractivity contribution < 1.29 is 5.11 Å². The summed E-state index contributed by atoms with van der Waals surface area (Å²) >= 11 is 1.74. The molecular weight excluding hydrogens is 332 g/mol. The molecule has 0 amide bonds.